The quantitative estimate of drug-likeness (QED) is 0.502. The van der Waals surface area contributed by atoms with Gasteiger partial charge in [0.1, 0.15) is 11.9 Å². The van der Waals surface area contributed by atoms with Crippen LogP contribution in [0, 0.1) is 0 Å². The largest absolute Gasteiger partial charge is 0.494 e. The number of anilines is 1. The van der Waals surface area contributed by atoms with E-state index in [1.54, 1.807) is 7.05 Å². The summed E-state index contributed by atoms with van der Waals surface area (Å²) in [5.41, 5.74) is 3.01. The molecule has 31 heavy (non-hydrogen) atoms. The van der Waals surface area contributed by atoms with Gasteiger partial charge in [-0.05, 0) is 55.2 Å². The molecule has 7 heteroatoms. The van der Waals surface area contributed by atoms with Crippen molar-refractivity contribution in [3.8, 4) is 5.75 Å². The molecule has 1 aliphatic heterocycles. The van der Waals surface area contributed by atoms with Crippen molar-refractivity contribution in [3.05, 3.63) is 59.7 Å². The maximum absolute atomic E-state index is 12.3. The highest BCUT2D eigenvalue weighted by molar-refractivity contribution is 5.94. The Morgan fingerprint density at radius 3 is 2.71 bits per heavy atom. The van der Waals surface area contributed by atoms with Crippen LogP contribution in [0.3, 0.4) is 0 Å². The van der Waals surface area contributed by atoms with Crippen molar-refractivity contribution in [2.45, 2.75) is 39.0 Å². The van der Waals surface area contributed by atoms with Crippen LogP contribution in [0.5, 0.6) is 5.75 Å². The number of hydrogen-bond acceptors (Lipinski definition) is 4. The van der Waals surface area contributed by atoms with Gasteiger partial charge >= 0.3 is 0 Å². The van der Waals surface area contributed by atoms with E-state index in [1.165, 1.54) is 5.56 Å². The fourth-order valence-electron chi connectivity index (χ4n) is 3.54. The van der Waals surface area contributed by atoms with Crippen LogP contribution >= 0.6 is 0 Å². The first-order valence-corrected chi connectivity index (χ1v) is 10.7. The highest BCUT2D eigenvalue weighted by atomic mass is 16.5. The Morgan fingerprint density at radius 2 is 2.03 bits per heavy atom. The molecule has 0 radical (unpaired) electrons. The minimum absolute atomic E-state index is 0.0755. The van der Waals surface area contributed by atoms with Gasteiger partial charge in [0.2, 0.25) is 0 Å². The second-order valence-electron chi connectivity index (χ2n) is 7.53. The molecule has 1 atom stereocenters. The molecule has 166 valence electrons. The van der Waals surface area contributed by atoms with Crippen LogP contribution < -0.4 is 15.4 Å². The van der Waals surface area contributed by atoms with E-state index in [2.05, 4.69) is 32.7 Å². The second kappa shape index (κ2) is 11.4. The first-order chi connectivity index (χ1) is 15.1. The normalized spacial score (nSPS) is 16.1. The van der Waals surface area contributed by atoms with E-state index < -0.39 is 0 Å². The Morgan fingerprint density at radius 1 is 1.23 bits per heavy atom. The highest BCUT2D eigenvalue weighted by Crippen LogP contribution is 2.17. The lowest BCUT2D eigenvalue weighted by Gasteiger charge is -2.22. The molecule has 1 amide bonds. The van der Waals surface area contributed by atoms with Crippen LogP contribution in [0.4, 0.5) is 5.69 Å². The number of nitrogens with one attached hydrogen (secondary N) is 2. The molecular formula is C24H32N4O3. The number of nitrogens with zero attached hydrogens (tertiary/aromatic N) is 2. The molecule has 2 aromatic rings. The van der Waals surface area contributed by atoms with Crippen LogP contribution in [-0.2, 0) is 22.6 Å². The van der Waals surface area contributed by atoms with Gasteiger partial charge in [-0.2, -0.15) is 0 Å². The standard InChI is InChI=1S/C24H32N4O3/c1-4-30-21-12-10-18(11-13-21)17-28(3)24(25-2)26-16-19-7-5-8-20(15-19)27-23(29)22-9-6-14-31-22/h5,7-8,10-13,15,22H,4,6,9,14,16-17H2,1-3H3,(H,25,26)(H,27,29). The minimum atomic E-state index is -0.336. The van der Waals surface area contributed by atoms with E-state index >= 15 is 0 Å². The van der Waals surface area contributed by atoms with Crippen LogP contribution in [0.1, 0.15) is 30.9 Å². The SMILES string of the molecule is CCOc1ccc(CN(C)C(=NC)NCc2cccc(NC(=O)C3CCCO3)c2)cc1. The average Bonchev–Trinajstić information content (AvgIpc) is 3.31. The van der Waals surface area contributed by atoms with Crippen molar-refractivity contribution in [1.29, 1.82) is 0 Å². The summed E-state index contributed by atoms with van der Waals surface area (Å²) in [5, 5.41) is 6.34. The Hall–Kier alpha value is -3.06. The molecular weight excluding hydrogens is 392 g/mol. The van der Waals surface area contributed by atoms with E-state index in [0.29, 0.717) is 19.8 Å². The van der Waals surface area contributed by atoms with E-state index in [-0.39, 0.29) is 12.0 Å². The fraction of sp³-hybridized carbons (Fsp3) is 0.417. The maximum Gasteiger partial charge on any atom is 0.253 e. The van der Waals surface area contributed by atoms with Gasteiger partial charge in [0.25, 0.3) is 5.91 Å². The minimum Gasteiger partial charge on any atom is -0.494 e. The molecule has 2 aromatic carbocycles. The third-order valence-corrected chi connectivity index (χ3v) is 5.09. The second-order valence-corrected chi connectivity index (χ2v) is 7.53. The zero-order chi connectivity index (χ0) is 22.1. The molecule has 1 heterocycles. The molecule has 0 bridgehead atoms. The van der Waals surface area contributed by atoms with E-state index in [9.17, 15) is 4.79 Å². The molecule has 1 aliphatic rings. The molecule has 0 aliphatic carbocycles. The molecule has 0 saturated carbocycles. The molecule has 2 N–H and O–H groups in total. The summed E-state index contributed by atoms with van der Waals surface area (Å²) in [6, 6.07) is 15.9. The molecule has 0 aromatic heterocycles. The van der Waals surface area contributed by atoms with Crippen molar-refractivity contribution in [2.75, 3.05) is 32.6 Å². The third kappa shape index (κ3) is 6.72. The number of rotatable bonds is 8. The maximum atomic E-state index is 12.3. The first kappa shape index (κ1) is 22.6. The van der Waals surface area contributed by atoms with Crippen LogP contribution in [0.15, 0.2) is 53.5 Å². The number of ether oxygens (including phenoxy) is 2. The van der Waals surface area contributed by atoms with Crippen molar-refractivity contribution >= 4 is 17.6 Å². The summed E-state index contributed by atoms with van der Waals surface area (Å²) >= 11 is 0. The van der Waals surface area contributed by atoms with Gasteiger partial charge in [-0.25, -0.2) is 0 Å². The number of guanidine groups is 1. The number of carbonyl (C=O) groups excluding carboxylic acids is 1. The van der Waals surface area contributed by atoms with Crippen molar-refractivity contribution in [1.82, 2.24) is 10.2 Å². The Balaban J connectivity index is 1.53. The summed E-state index contributed by atoms with van der Waals surface area (Å²) in [5.74, 6) is 1.60. The van der Waals surface area contributed by atoms with Crippen LogP contribution in [0.25, 0.3) is 0 Å². The van der Waals surface area contributed by atoms with Gasteiger partial charge in [-0.1, -0.05) is 24.3 Å². The van der Waals surface area contributed by atoms with Crippen LogP contribution in [-0.4, -0.2) is 50.2 Å². The summed E-state index contributed by atoms with van der Waals surface area (Å²) in [7, 11) is 3.78. The Kier molecular flexibility index (Phi) is 8.29. The smallest absolute Gasteiger partial charge is 0.253 e. The van der Waals surface area contributed by atoms with Gasteiger partial charge in [0.15, 0.2) is 5.96 Å². The zero-order valence-electron chi connectivity index (χ0n) is 18.6. The average molecular weight is 425 g/mol. The van der Waals surface area contributed by atoms with Gasteiger partial charge in [0.05, 0.1) is 6.61 Å². The van der Waals surface area contributed by atoms with Gasteiger partial charge < -0.3 is 25.0 Å². The topological polar surface area (TPSA) is 75.2 Å². The van der Waals surface area contributed by atoms with Gasteiger partial charge in [0, 0.05) is 39.5 Å². The number of carbonyl (C=O) groups is 1. The first-order valence-electron chi connectivity index (χ1n) is 10.7. The van der Waals surface area contributed by atoms with Gasteiger partial charge in [-0.3, -0.25) is 9.79 Å². The molecule has 1 fully saturated rings. The van der Waals surface area contributed by atoms with Crippen molar-refractivity contribution in [2.24, 2.45) is 4.99 Å². The summed E-state index contributed by atoms with van der Waals surface area (Å²) in [6.07, 6.45) is 1.38. The zero-order valence-corrected chi connectivity index (χ0v) is 18.6. The molecule has 1 unspecified atom stereocenters. The van der Waals surface area contributed by atoms with Crippen molar-refractivity contribution < 1.29 is 14.3 Å². The lowest BCUT2D eigenvalue weighted by Crippen LogP contribution is -2.38. The lowest BCUT2D eigenvalue weighted by atomic mass is 10.2. The summed E-state index contributed by atoms with van der Waals surface area (Å²) in [4.78, 5) is 18.7. The number of amides is 1. The monoisotopic (exact) mass is 424 g/mol. The van der Waals surface area contributed by atoms with Gasteiger partial charge in [-0.15, -0.1) is 0 Å². The van der Waals surface area contributed by atoms with Crippen molar-refractivity contribution in [3.63, 3.8) is 0 Å². The third-order valence-electron chi connectivity index (χ3n) is 5.09. The van der Waals surface area contributed by atoms with E-state index in [1.807, 2.05) is 50.4 Å². The Labute approximate surface area is 184 Å². The summed E-state index contributed by atoms with van der Waals surface area (Å²) < 4.78 is 11.0. The molecule has 3 rings (SSSR count). The number of aliphatic imine (C=N–C) groups is 1. The Bertz CT molecular complexity index is 877. The van der Waals surface area contributed by atoms with Crippen LogP contribution in [0.2, 0.25) is 0 Å². The summed E-state index contributed by atoms with van der Waals surface area (Å²) in [6.45, 7) is 4.62. The van der Waals surface area contributed by atoms with E-state index in [4.69, 9.17) is 9.47 Å². The predicted octanol–water partition coefficient (Wildman–Crippen LogP) is 3.41. The molecule has 7 nitrogen and oxygen atoms in total. The predicted molar refractivity (Wildman–Crippen MR) is 123 cm³/mol. The van der Waals surface area contributed by atoms with E-state index in [0.717, 1.165) is 42.3 Å². The highest BCUT2D eigenvalue weighted by Gasteiger charge is 2.23. The fourth-order valence-corrected chi connectivity index (χ4v) is 3.54. The molecule has 1 saturated heterocycles. The number of hydrogen-bond donors (Lipinski definition) is 2. The lowest BCUT2D eigenvalue weighted by molar-refractivity contribution is -0.124. The number of benzene rings is 2. The molecule has 0 spiro atoms.